The summed E-state index contributed by atoms with van der Waals surface area (Å²) >= 11 is 1.77. The highest BCUT2D eigenvalue weighted by Crippen LogP contribution is 2.09. The lowest BCUT2D eigenvalue weighted by molar-refractivity contribution is 0.731. The lowest BCUT2D eigenvalue weighted by atomic mass is 10.4. The maximum absolute atomic E-state index is 4.29. The number of aryl methyl sites for hydroxylation is 1. The zero-order chi connectivity index (χ0) is 9.10. The molecular formula is C8H12N4S. The summed E-state index contributed by atoms with van der Waals surface area (Å²) in [4.78, 5) is 4.29. The summed E-state index contributed by atoms with van der Waals surface area (Å²) in [7, 11) is 1.92. The van der Waals surface area contributed by atoms with Crippen LogP contribution in [-0.2, 0) is 13.6 Å². The lowest BCUT2D eigenvalue weighted by Gasteiger charge is -2.01. The molecule has 2 heterocycles. The Hall–Kier alpha value is -0.970. The van der Waals surface area contributed by atoms with Crippen molar-refractivity contribution in [3.05, 3.63) is 18.0 Å². The molecule has 70 valence electrons. The van der Waals surface area contributed by atoms with Crippen molar-refractivity contribution >= 4 is 16.9 Å². The average molecular weight is 196 g/mol. The predicted molar refractivity (Wildman–Crippen MR) is 54.8 cm³/mol. The first-order valence-electron chi connectivity index (χ1n) is 4.24. The van der Waals surface area contributed by atoms with Gasteiger partial charge in [-0.3, -0.25) is 9.67 Å². The van der Waals surface area contributed by atoms with E-state index in [1.165, 1.54) is 0 Å². The van der Waals surface area contributed by atoms with Gasteiger partial charge in [-0.25, -0.2) is 0 Å². The zero-order valence-corrected chi connectivity index (χ0v) is 8.34. The molecule has 1 N–H and O–H groups in total. The summed E-state index contributed by atoms with van der Waals surface area (Å²) < 4.78 is 1.81. The summed E-state index contributed by atoms with van der Waals surface area (Å²) in [5, 5.41) is 8.56. The molecule has 0 unspecified atom stereocenters. The number of nitrogens with zero attached hydrogens (tertiary/aromatic N) is 3. The molecule has 4 nitrogen and oxygen atoms in total. The minimum Gasteiger partial charge on any atom is -0.359 e. The molecule has 0 aromatic carbocycles. The second-order valence-corrected chi connectivity index (χ2v) is 3.95. The third kappa shape index (κ3) is 2.24. The number of amidine groups is 1. The summed E-state index contributed by atoms with van der Waals surface area (Å²) in [5.74, 6) is 1.10. The topological polar surface area (TPSA) is 42.2 Å². The van der Waals surface area contributed by atoms with Crippen LogP contribution in [0, 0.1) is 0 Å². The van der Waals surface area contributed by atoms with E-state index in [4.69, 9.17) is 0 Å². The highest BCUT2D eigenvalue weighted by atomic mass is 32.2. The molecular weight excluding hydrogens is 184 g/mol. The highest BCUT2D eigenvalue weighted by Gasteiger charge is 2.06. The SMILES string of the molecule is Cn1ccc(CNC2=NCCS2)n1. The van der Waals surface area contributed by atoms with Crippen molar-refractivity contribution < 1.29 is 0 Å². The molecule has 13 heavy (non-hydrogen) atoms. The van der Waals surface area contributed by atoms with Gasteiger partial charge in [0, 0.05) is 19.0 Å². The summed E-state index contributed by atoms with van der Waals surface area (Å²) in [6.07, 6.45) is 1.95. The molecule has 1 aromatic rings. The van der Waals surface area contributed by atoms with Gasteiger partial charge in [-0.15, -0.1) is 0 Å². The van der Waals surface area contributed by atoms with Gasteiger partial charge in [0.2, 0.25) is 0 Å². The van der Waals surface area contributed by atoms with Crippen LogP contribution in [-0.4, -0.2) is 27.2 Å². The third-order valence-corrected chi connectivity index (χ3v) is 2.71. The molecule has 0 bridgehead atoms. The molecule has 0 saturated carbocycles. The number of aromatic nitrogens is 2. The lowest BCUT2D eigenvalue weighted by Crippen LogP contribution is -2.18. The van der Waals surface area contributed by atoms with Crippen LogP contribution < -0.4 is 5.32 Å². The van der Waals surface area contributed by atoms with Crippen molar-refractivity contribution in [3.63, 3.8) is 0 Å². The monoisotopic (exact) mass is 196 g/mol. The molecule has 0 spiro atoms. The minimum absolute atomic E-state index is 0.771. The van der Waals surface area contributed by atoms with Crippen molar-refractivity contribution in [2.45, 2.75) is 6.54 Å². The van der Waals surface area contributed by atoms with E-state index in [0.717, 1.165) is 29.7 Å². The first-order chi connectivity index (χ1) is 6.34. The Kier molecular flexibility index (Phi) is 2.54. The molecule has 0 saturated heterocycles. The van der Waals surface area contributed by atoms with Crippen LogP contribution in [0.3, 0.4) is 0 Å². The maximum Gasteiger partial charge on any atom is 0.156 e. The molecule has 0 atom stereocenters. The van der Waals surface area contributed by atoms with Gasteiger partial charge in [0.1, 0.15) is 0 Å². The molecule has 0 fully saturated rings. The van der Waals surface area contributed by atoms with Crippen LogP contribution in [0.2, 0.25) is 0 Å². The Morgan fingerprint density at radius 3 is 3.23 bits per heavy atom. The van der Waals surface area contributed by atoms with Gasteiger partial charge in [0.05, 0.1) is 18.8 Å². The van der Waals surface area contributed by atoms with E-state index in [9.17, 15) is 0 Å². The molecule has 1 aliphatic rings. The van der Waals surface area contributed by atoms with Crippen molar-refractivity contribution in [1.82, 2.24) is 15.1 Å². The van der Waals surface area contributed by atoms with Gasteiger partial charge in [-0.2, -0.15) is 5.10 Å². The summed E-state index contributed by atoms with van der Waals surface area (Å²) in [6.45, 7) is 1.71. The Bertz CT molecular complexity index is 318. The van der Waals surface area contributed by atoms with Crippen molar-refractivity contribution in [2.24, 2.45) is 12.0 Å². The standard InChI is InChI=1S/C8H12N4S/c1-12-4-2-7(11-12)6-10-8-9-3-5-13-8/h2,4H,3,5-6H2,1H3,(H,9,10). The second-order valence-electron chi connectivity index (χ2n) is 2.87. The van der Waals surface area contributed by atoms with Crippen molar-refractivity contribution in [3.8, 4) is 0 Å². The number of hydrogen-bond donors (Lipinski definition) is 1. The number of rotatable bonds is 2. The van der Waals surface area contributed by atoms with Crippen LogP contribution in [0.4, 0.5) is 0 Å². The van der Waals surface area contributed by atoms with Gasteiger partial charge in [0.25, 0.3) is 0 Å². The normalized spacial score (nSPS) is 15.9. The van der Waals surface area contributed by atoms with Gasteiger partial charge < -0.3 is 5.32 Å². The van der Waals surface area contributed by atoms with E-state index < -0.39 is 0 Å². The van der Waals surface area contributed by atoms with Gasteiger partial charge in [-0.1, -0.05) is 11.8 Å². The number of hydrogen-bond acceptors (Lipinski definition) is 4. The summed E-state index contributed by atoms with van der Waals surface area (Å²) in [6, 6.07) is 2.01. The third-order valence-electron chi connectivity index (χ3n) is 1.78. The van der Waals surface area contributed by atoms with Crippen LogP contribution in [0.15, 0.2) is 17.3 Å². The van der Waals surface area contributed by atoms with Crippen molar-refractivity contribution in [1.29, 1.82) is 0 Å². The molecule has 0 radical (unpaired) electrons. The van der Waals surface area contributed by atoms with Crippen LogP contribution >= 0.6 is 11.8 Å². The quantitative estimate of drug-likeness (QED) is 0.753. The maximum atomic E-state index is 4.29. The molecule has 0 amide bonds. The Morgan fingerprint density at radius 2 is 2.62 bits per heavy atom. The number of thioether (sulfide) groups is 1. The molecule has 1 aliphatic heterocycles. The largest absolute Gasteiger partial charge is 0.359 e. The van der Waals surface area contributed by atoms with E-state index in [1.807, 2.05) is 19.3 Å². The fraction of sp³-hybridized carbons (Fsp3) is 0.500. The molecule has 0 aliphatic carbocycles. The van der Waals surface area contributed by atoms with E-state index in [-0.39, 0.29) is 0 Å². The number of nitrogens with one attached hydrogen (secondary N) is 1. The van der Waals surface area contributed by atoms with Gasteiger partial charge in [0.15, 0.2) is 5.17 Å². The number of aliphatic imine (C=N–C) groups is 1. The van der Waals surface area contributed by atoms with E-state index in [2.05, 4.69) is 15.4 Å². The smallest absolute Gasteiger partial charge is 0.156 e. The van der Waals surface area contributed by atoms with E-state index in [1.54, 1.807) is 16.4 Å². The Balaban J connectivity index is 1.85. The second kappa shape index (κ2) is 3.83. The van der Waals surface area contributed by atoms with Crippen LogP contribution in [0.5, 0.6) is 0 Å². The fourth-order valence-electron chi connectivity index (χ4n) is 1.17. The molecule has 2 rings (SSSR count). The Morgan fingerprint density at radius 1 is 1.69 bits per heavy atom. The fourth-order valence-corrected chi connectivity index (χ4v) is 1.90. The molecule has 1 aromatic heterocycles. The van der Waals surface area contributed by atoms with E-state index in [0.29, 0.717) is 0 Å². The highest BCUT2D eigenvalue weighted by molar-refractivity contribution is 8.14. The minimum atomic E-state index is 0.771. The molecule has 5 heteroatoms. The first-order valence-corrected chi connectivity index (χ1v) is 5.23. The first kappa shape index (κ1) is 8.62. The van der Waals surface area contributed by atoms with Crippen LogP contribution in [0.25, 0.3) is 0 Å². The Labute approximate surface area is 81.4 Å². The van der Waals surface area contributed by atoms with E-state index >= 15 is 0 Å². The zero-order valence-electron chi connectivity index (χ0n) is 7.53. The van der Waals surface area contributed by atoms with Crippen molar-refractivity contribution in [2.75, 3.05) is 12.3 Å². The average Bonchev–Trinajstić information content (AvgIpc) is 2.71. The summed E-state index contributed by atoms with van der Waals surface area (Å²) in [5.41, 5.74) is 1.05. The predicted octanol–water partition coefficient (Wildman–Crippen LogP) is 0.612. The van der Waals surface area contributed by atoms with Gasteiger partial charge >= 0.3 is 0 Å². The van der Waals surface area contributed by atoms with Gasteiger partial charge in [-0.05, 0) is 6.07 Å². The van der Waals surface area contributed by atoms with Crippen LogP contribution in [0.1, 0.15) is 5.69 Å².